The summed E-state index contributed by atoms with van der Waals surface area (Å²) in [5.41, 5.74) is 3.72. The minimum absolute atomic E-state index is 0.0855. The molecule has 2 atom stereocenters. The molecule has 0 bridgehead atoms. The van der Waals surface area contributed by atoms with Crippen molar-refractivity contribution >= 4 is 23.2 Å². The lowest BCUT2D eigenvalue weighted by molar-refractivity contribution is -0.131. The molecule has 0 saturated carbocycles. The largest absolute Gasteiger partial charge is 0.426 e. The van der Waals surface area contributed by atoms with Gasteiger partial charge in [-0.3, -0.25) is 9.59 Å². The zero-order chi connectivity index (χ0) is 25.9. The molecule has 2 aliphatic heterocycles. The molecule has 2 aliphatic rings. The number of nitrogens with zero attached hydrogens (tertiary/aromatic N) is 2. The average molecular weight is 521 g/mol. The van der Waals surface area contributed by atoms with Gasteiger partial charge in [0.15, 0.2) is 0 Å². The van der Waals surface area contributed by atoms with E-state index in [9.17, 15) is 14.0 Å². The van der Waals surface area contributed by atoms with Gasteiger partial charge in [-0.15, -0.1) is 0 Å². The van der Waals surface area contributed by atoms with Gasteiger partial charge in [0, 0.05) is 32.5 Å². The highest BCUT2D eigenvalue weighted by Gasteiger charge is 2.39. The number of aryl methyl sites for hydroxylation is 1. The quantitative estimate of drug-likeness (QED) is 0.302. The first kappa shape index (κ1) is 25.6. The molecule has 2 unspecified atom stereocenters. The number of esters is 1. The summed E-state index contributed by atoms with van der Waals surface area (Å²) in [6.45, 7) is 7.47. The van der Waals surface area contributed by atoms with E-state index in [0.29, 0.717) is 36.2 Å². The molecule has 2 aromatic carbocycles. The SMILES string of the molecule is CC(=O)Oc1c(C)cccc1C(=O)N1CC(CN2CCC(c3ccc(F)cc3)CC2)C(c2ccsc2)C1. The Morgan fingerprint density at radius 3 is 2.46 bits per heavy atom. The molecule has 3 heterocycles. The summed E-state index contributed by atoms with van der Waals surface area (Å²) in [5, 5.41) is 4.30. The van der Waals surface area contributed by atoms with Crippen molar-refractivity contribution in [2.45, 2.75) is 38.5 Å². The van der Waals surface area contributed by atoms with E-state index in [2.05, 4.69) is 21.7 Å². The maximum absolute atomic E-state index is 13.7. The van der Waals surface area contributed by atoms with Crippen molar-refractivity contribution in [2.24, 2.45) is 5.92 Å². The van der Waals surface area contributed by atoms with Crippen molar-refractivity contribution in [1.29, 1.82) is 0 Å². The van der Waals surface area contributed by atoms with Gasteiger partial charge in [0.05, 0.1) is 5.56 Å². The molecular weight excluding hydrogens is 487 g/mol. The summed E-state index contributed by atoms with van der Waals surface area (Å²) < 4.78 is 18.8. The summed E-state index contributed by atoms with van der Waals surface area (Å²) in [4.78, 5) is 29.8. The molecule has 2 fully saturated rings. The average Bonchev–Trinajstić information content (AvgIpc) is 3.56. The Morgan fingerprint density at radius 1 is 1.03 bits per heavy atom. The smallest absolute Gasteiger partial charge is 0.308 e. The number of hydrogen-bond acceptors (Lipinski definition) is 5. The predicted molar refractivity (Wildman–Crippen MR) is 144 cm³/mol. The van der Waals surface area contributed by atoms with E-state index in [4.69, 9.17) is 4.74 Å². The van der Waals surface area contributed by atoms with Gasteiger partial charge in [-0.1, -0.05) is 24.3 Å². The van der Waals surface area contributed by atoms with Crippen LogP contribution in [0, 0.1) is 18.7 Å². The van der Waals surface area contributed by atoms with Crippen LogP contribution < -0.4 is 4.74 Å². The lowest BCUT2D eigenvalue weighted by atomic mass is 9.87. The third-order valence-electron chi connectivity index (χ3n) is 7.81. The van der Waals surface area contributed by atoms with E-state index < -0.39 is 5.97 Å². The number of piperidine rings is 1. The second-order valence-electron chi connectivity index (χ2n) is 10.3. The fourth-order valence-electron chi connectivity index (χ4n) is 5.87. The lowest BCUT2D eigenvalue weighted by Gasteiger charge is -2.34. The lowest BCUT2D eigenvalue weighted by Crippen LogP contribution is -2.38. The molecule has 0 N–H and O–H groups in total. The number of amides is 1. The fraction of sp³-hybridized carbons (Fsp3) is 0.400. The molecule has 1 aromatic heterocycles. The van der Waals surface area contributed by atoms with Crippen molar-refractivity contribution in [3.05, 3.63) is 87.4 Å². The highest BCUT2D eigenvalue weighted by molar-refractivity contribution is 7.08. The number of halogens is 1. The van der Waals surface area contributed by atoms with Crippen molar-refractivity contribution < 1.29 is 18.7 Å². The number of hydrogen-bond donors (Lipinski definition) is 0. The Morgan fingerprint density at radius 2 is 1.78 bits per heavy atom. The van der Waals surface area contributed by atoms with E-state index in [0.717, 1.165) is 38.0 Å². The van der Waals surface area contributed by atoms with Crippen molar-refractivity contribution in [3.63, 3.8) is 0 Å². The van der Waals surface area contributed by atoms with Crippen molar-refractivity contribution in [3.8, 4) is 5.75 Å². The Labute approximate surface area is 221 Å². The normalized spacial score (nSPS) is 20.8. The van der Waals surface area contributed by atoms with Gasteiger partial charge in [-0.05, 0) is 96.4 Å². The molecular formula is C30H33FN2O3S. The monoisotopic (exact) mass is 520 g/mol. The molecule has 0 aliphatic carbocycles. The van der Waals surface area contributed by atoms with E-state index >= 15 is 0 Å². The first-order valence-corrected chi connectivity index (χ1v) is 13.9. The van der Waals surface area contributed by atoms with Gasteiger partial charge < -0.3 is 14.5 Å². The van der Waals surface area contributed by atoms with E-state index in [1.165, 1.54) is 18.1 Å². The van der Waals surface area contributed by atoms with E-state index in [1.807, 2.05) is 36.1 Å². The molecule has 37 heavy (non-hydrogen) atoms. The van der Waals surface area contributed by atoms with Crippen molar-refractivity contribution in [1.82, 2.24) is 9.80 Å². The summed E-state index contributed by atoms with van der Waals surface area (Å²) in [7, 11) is 0. The summed E-state index contributed by atoms with van der Waals surface area (Å²) in [6.07, 6.45) is 2.11. The van der Waals surface area contributed by atoms with Crippen LogP contribution in [0.5, 0.6) is 5.75 Å². The Hall–Kier alpha value is -3.03. The third kappa shape index (κ3) is 5.78. The molecule has 2 saturated heterocycles. The molecule has 5 rings (SSSR count). The molecule has 194 valence electrons. The number of para-hydroxylation sites is 1. The van der Waals surface area contributed by atoms with E-state index in [-0.39, 0.29) is 17.6 Å². The number of thiophene rings is 1. The summed E-state index contributed by atoms with van der Waals surface area (Å²) in [6, 6.07) is 14.6. The van der Waals surface area contributed by atoms with Crippen LogP contribution in [0.4, 0.5) is 4.39 Å². The Bertz CT molecular complexity index is 1240. The maximum atomic E-state index is 13.7. The van der Waals surface area contributed by atoms with Gasteiger partial charge >= 0.3 is 5.97 Å². The molecule has 0 spiro atoms. The molecule has 0 radical (unpaired) electrons. The number of rotatable bonds is 6. The number of ether oxygens (including phenoxy) is 1. The van der Waals surface area contributed by atoms with Crippen LogP contribution in [0.15, 0.2) is 59.3 Å². The summed E-state index contributed by atoms with van der Waals surface area (Å²) >= 11 is 1.69. The zero-order valence-electron chi connectivity index (χ0n) is 21.4. The predicted octanol–water partition coefficient (Wildman–Crippen LogP) is 5.86. The van der Waals surface area contributed by atoms with Gasteiger partial charge in [0.1, 0.15) is 11.6 Å². The van der Waals surface area contributed by atoms with Gasteiger partial charge in [0.2, 0.25) is 0 Å². The Balaban J connectivity index is 1.29. The van der Waals surface area contributed by atoms with Crippen LogP contribution in [0.1, 0.15) is 58.6 Å². The van der Waals surface area contributed by atoms with Gasteiger partial charge in [-0.25, -0.2) is 4.39 Å². The second-order valence-corrected chi connectivity index (χ2v) is 11.1. The van der Waals surface area contributed by atoms with Crippen LogP contribution in [0.3, 0.4) is 0 Å². The maximum Gasteiger partial charge on any atom is 0.308 e. The highest BCUT2D eigenvalue weighted by atomic mass is 32.1. The van der Waals surface area contributed by atoms with Crippen LogP contribution in [0.25, 0.3) is 0 Å². The standard InChI is InChI=1S/C30H33FN2O3S/c1-20-4-3-5-27(29(20)36-21(2)34)30(35)33-17-25(28(18-33)24-12-15-37-19-24)16-32-13-10-23(11-14-32)22-6-8-26(31)9-7-22/h3-9,12,15,19,23,25,28H,10-11,13-14,16-18H2,1-2H3. The van der Waals surface area contributed by atoms with Crippen LogP contribution in [0.2, 0.25) is 0 Å². The minimum Gasteiger partial charge on any atom is -0.426 e. The molecule has 3 aromatic rings. The third-order valence-corrected chi connectivity index (χ3v) is 8.51. The first-order valence-electron chi connectivity index (χ1n) is 13.0. The molecule has 1 amide bonds. The van der Waals surface area contributed by atoms with E-state index in [1.54, 1.807) is 29.5 Å². The zero-order valence-corrected chi connectivity index (χ0v) is 22.2. The first-order chi connectivity index (χ1) is 17.9. The number of carbonyl (C=O) groups excluding carboxylic acids is 2. The van der Waals surface area contributed by atoms with Crippen molar-refractivity contribution in [2.75, 3.05) is 32.7 Å². The van der Waals surface area contributed by atoms with Crippen LogP contribution in [-0.2, 0) is 4.79 Å². The van der Waals surface area contributed by atoms with Gasteiger partial charge in [-0.2, -0.15) is 11.3 Å². The topological polar surface area (TPSA) is 49.9 Å². The number of likely N-dealkylation sites (tertiary alicyclic amines) is 2. The fourth-order valence-corrected chi connectivity index (χ4v) is 6.60. The molecule has 7 heteroatoms. The molecule has 5 nitrogen and oxygen atoms in total. The van der Waals surface area contributed by atoms with Crippen LogP contribution >= 0.6 is 11.3 Å². The number of benzene rings is 2. The van der Waals surface area contributed by atoms with Gasteiger partial charge in [0.25, 0.3) is 5.91 Å². The minimum atomic E-state index is -0.428. The second kappa shape index (κ2) is 11.2. The Kier molecular flexibility index (Phi) is 7.72. The summed E-state index contributed by atoms with van der Waals surface area (Å²) in [5.74, 6) is 0.715. The van der Waals surface area contributed by atoms with Crippen LogP contribution in [-0.4, -0.2) is 54.4 Å². The highest BCUT2D eigenvalue weighted by Crippen LogP contribution is 2.37. The number of carbonyl (C=O) groups is 2.